The molecule has 0 aliphatic rings. The number of nitrogens with two attached hydrogens (primary N) is 1. The number of hydrogen-bond acceptors (Lipinski definition) is 4. The Labute approximate surface area is 98.7 Å². The van der Waals surface area contributed by atoms with Gasteiger partial charge in [-0.3, -0.25) is 0 Å². The minimum atomic E-state index is -0.727. The summed E-state index contributed by atoms with van der Waals surface area (Å²) in [5.74, 6) is 0. The first kappa shape index (κ1) is 15.4. The number of nitriles is 1. The Kier molecular flexibility index (Phi) is 6.58. The summed E-state index contributed by atoms with van der Waals surface area (Å²) in [5, 5.41) is 8.70. The molecule has 0 rings (SSSR count). The van der Waals surface area contributed by atoms with Gasteiger partial charge in [0.15, 0.2) is 0 Å². The Balaban J connectivity index is 3.46. The molecule has 4 nitrogen and oxygen atoms in total. The number of rotatable bonds is 8. The maximum absolute atomic E-state index is 8.70. The number of hydrogen-bond donors (Lipinski definition) is 1. The van der Waals surface area contributed by atoms with E-state index in [4.69, 9.17) is 20.5 Å². The average molecular weight is 228 g/mol. The smallest absolute Gasteiger partial charge is 0.101 e. The molecular weight excluding hydrogens is 204 g/mol. The fraction of sp³-hybridized carbons (Fsp3) is 0.917. The second-order valence-corrected chi connectivity index (χ2v) is 4.96. The topological polar surface area (TPSA) is 68.3 Å². The monoisotopic (exact) mass is 228 g/mol. The van der Waals surface area contributed by atoms with Crippen LogP contribution in [0.2, 0.25) is 0 Å². The molecule has 0 aromatic rings. The van der Waals surface area contributed by atoms with Gasteiger partial charge >= 0.3 is 0 Å². The van der Waals surface area contributed by atoms with Crippen molar-refractivity contribution in [2.24, 2.45) is 5.73 Å². The van der Waals surface area contributed by atoms with E-state index in [1.165, 1.54) is 0 Å². The molecule has 16 heavy (non-hydrogen) atoms. The lowest BCUT2D eigenvalue weighted by Gasteiger charge is -2.22. The molecule has 0 aromatic heterocycles. The van der Waals surface area contributed by atoms with Crippen molar-refractivity contribution >= 4 is 0 Å². The van der Waals surface area contributed by atoms with Gasteiger partial charge in [0.05, 0.1) is 11.7 Å². The summed E-state index contributed by atoms with van der Waals surface area (Å²) in [6.45, 7) is 7.12. The van der Waals surface area contributed by atoms with Crippen molar-refractivity contribution in [1.29, 1.82) is 5.26 Å². The molecule has 4 heteroatoms. The van der Waals surface area contributed by atoms with Crippen LogP contribution >= 0.6 is 0 Å². The predicted octanol–water partition coefficient (Wildman–Crippen LogP) is 1.84. The lowest BCUT2D eigenvalue weighted by molar-refractivity contribution is -0.0103. The van der Waals surface area contributed by atoms with Crippen LogP contribution in [0.3, 0.4) is 0 Å². The van der Waals surface area contributed by atoms with Gasteiger partial charge in [0.25, 0.3) is 0 Å². The molecule has 1 atom stereocenters. The van der Waals surface area contributed by atoms with Crippen LogP contribution in [-0.2, 0) is 9.47 Å². The van der Waals surface area contributed by atoms with Crippen LogP contribution in [0.1, 0.15) is 40.0 Å². The molecule has 0 spiro atoms. The second-order valence-electron chi connectivity index (χ2n) is 4.96. The normalized spacial score (nSPS) is 15.5. The zero-order valence-corrected chi connectivity index (χ0v) is 10.9. The Bertz CT molecular complexity index is 232. The maximum atomic E-state index is 8.70. The number of methoxy groups -OCH3 is 1. The van der Waals surface area contributed by atoms with E-state index in [9.17, 15) is 0 Å². The van der Waals surface area contributed by atoms with Gasteiger partial charge in [-0.25, -0.2) is 0 Å². The minimum Gasteiger partial charge on any atom is -0.381 e. The van der Waals surface area contributed by atoms with Crippen LogP contribution in [0.5, 0.6) is 0 Å². The van der Waals surface area contributed by atoms with Gasteiger partial charge in [-0.1, -0.05) is 0 Å². The molecule has 0 saturated heterocycles. The van der Waals surface area contributed by atoms with E-state index in [0.717, 1.165) is 12.8 Å². The molecule has 0 amide bonds. The average Bonchev–Trinajstić information content (AvgIpc) is 2.23. The predicted molar refractivity (Wildman–Crippen MR) is 64.0 cm³/mol. The van der Waals surface area contributed by atoms with E-state index < -0.39 is 5.54 Å². The number of ether oxygens (including phenoxy) is 2. The SMILES string of the molecule is COC(C)(C)CCOCCCC(C)(N)C#N. The zero-order chi connectivity index (χ0) is 12.7. The Morgan fingerprint density at radius 3 is 2.31 bits per heavy atom. The van der Waals surface area contributed by atoms with Crippen molar-refractivity contribution < 1.29 is 9.47 Å². The summed E-state index contributed by atoms with van der Waals surface area (Å²) in [7, 11) is 1.70. The Morgan fingerprint density at radius 2 is 1.81 bits per heavy atom. The molecular formula is C12H24N2O2. The highest BCUT2D eigenvalue weighted by Gasteiger charge is 2.17. The van der Waals surface area contributed by atoms with Crippen molar-refractivity contribution in [2.75, 3.05) is 20.3 Å². The molecule has 2 N–H and O–H groups in total. The lowest BCUT2D eigenvalue weighted by Crippen LogP contribution is -2.34. The van der Waals surface area contributed by atoms with E-state index in [2.05, 4.69) is 6.07 Å². The quantitative estimate of drug-likeness (QED) is 0.644. The largest absolute Gasteiger partial charge is 0.381 e. The van der Waals surface area contributed by atoms with E-state index in [1.807, 2.05) is 13.8 Å². The van der Waals surface area contributed by atoms with Gasteiger partial charge in [0.1, 0.15) is 5.54 Å². The summed E-state index contributed by atoms with van der Waals surface area (Å²) >= 11 is 0. The fourth-order valence-corrected chi connectivity index (χ4v) is 1.12. The summed E-state index contributed by atoms with van der Waals surface area (Å²) < 4.78 is 10.7. The van der Waals surface area contributed by atoms with Crippen LogP contribution < -0.4 is 5.73 Å². The fourth-order valence-electron chi connectivity index (χ4n) is 1.12. The van der Waals surface area contributed by atoms with Gasteiger partial charge in [0.2, 0.25) is 0 Å². The summed E-state index contributed by atoms with van der Waals surface area (Å²) in [6, 6.07) is 2.07. The van der Waals surface area contributed by atoms with Crippen molar-refractivity contribution in [2.45, 2.75) is 51.2 Å². The van der Waals surface area contributed by atoms with Crippen LogP contribution in [0, 0.1) is 11.3 Å². The molecule has 0 aliphatic heterocycles. The maximum Gasteiger partial charge on any atom is 0.101 e. The first-order valence-electron chi connectivity index (χ1n) is 5.66. The van der Waals surface area contributed by atoms with Gasteiger partial charge in [-0.2, -0.15) is 5.26 Å². The van der Waals surface area contributed by atoms with Crippen LogP contribution in [0.15, 0.2) is 0 Å². The molecule has 0 saturated carbocycles. The minimum absolute atomic E-state index is 0.130. The lowest BCUT2D eigenvalue weighted by atomic mass is 10.00. The Hall–Kier alpha value is -0.630. The van der Waals surface area contributed by atoms with E-state index in [1.54, 1.807) is 14.0 Å². The molecule has 1 unspecified atom stereocenters. The van der Waals surface area contributed by atoms with E-state index >= 15 is 0 Å². The highest BCUT2D eigenvalue weighted by Crippen LogP contribution is 2.13. The van der Waals surface area contributed by atoms with Crippen molar-refractivity contribution in [3.8, 4) is 6.07 Å². The molecule has 0 aromatic carbocycles. The van der Waals surface area contributed by atoms with E-state index in [0.29, 0.717) is 19.6 Å². The molecule has 0 fully saturated rings. The molecule has 0 bridgehead atoms. The summed E-state index contributed by atoms with van der Waals surface area (Å²) in [5.41, 5.74) is 4.83. The molecule has 0 heterocycles. The third kappa shape index (κ3) is 7.63. The van der Waals surface area contributed by atoms with Gasteiger partial charge in [-0.15, -0.1) is 0 Å². The molecule has 0 radical (unpaired) electrons. The van der Waals surface area contributed by atoms with Crippen molar-refractivity contribution in [1.82, 2.24) is 0 Å². The van der Waals surface area contributed by atoms with Crippen LogP contribution in [-0.4, -0.2) is 31.5 Å². The van der Waals surface area contributed by atoms with Crippen LogP contribution in [0.4, 0.5) is 0 Å². The zero-order valence-electron chi connectivity index (χ0n) is 10.9. The summed E-state index contributed by atoms with van der Waals surface area (Å²) in [4.78, 5) is 0. The highest BCUT2D eigenvalue weighted by atomic mass is 16.5. The third-order valence-corrected chi connectivity index (χ3v) is 2.64. The van der Waals surface area contributed by atoms with Gasteiger partial charge in [-0.05, 0) is 40.0 Å². The van der Waals surface area contributed by atoms with Crippen LogP contribution in [0.25, 0.3) is 0 Å². The van der Waals surface area contributed by atoms with Gasteiger partial charge < -0.3 is 15.2 Å². The summed E-state index contributed by atoms with van der Waals surface area (Å²) in [6.07, 6.45) is 2.34. The molecule has 94 valence electrons. The second kappa shape index (κ2) is 6.85. The third-order valence-electron chi connectivity index (χ3n) is 2.64. The highest BCUT2D eigenvalue weighted by molar-refractivity contribution is 5.00. The first-order chi connectivity index (χ1) is 7.33. The number of nitrogens with zero attached hydrogens (tertiary/aromatic N) is 1. The van der Waals surface area contributed by atoms with Gasteiger partial charge in [0, 0.05) is 20.3 Å². The van der Waals surface area contributed by atoms with Crippen molar-refractivity contribution in [3.63, 3.8) is 0 Å². The first-order valence-corrected chi connectivity index (χ1v) is 5.66. The van der Waals surface area contributed by atoms with E-state index in [-0.39, 0.29) is 5.60 Å². The Morgan fingerprint density at radius 1 is 1.19 bits per heavy atom. The molecule has 0 aliphatic carbocycles. The standard InChI is InChI=1S/C12H24N2O2/c1-11(2,15-4)7-9-16-8-5-6-12(3,14)10-13/h5-9,14H2,1-4H3. The van der Waals surface area contributed by atoms with Crippen molar-refractivity contribution in [3.05, 3.63) is 0 Å².